The Balaban J connectivity index is 1.76. The van der Waals surface area contributed by atoms with Gasteiger partial charge in [0.2, 0.25) is 0 Å². The van der Waals surface area contributed by atoms with Gasteiger partial charge in [0, 0.05) is 31.0 Å². The molecule has 116 valence electrons. The summed E-state index contributed by atoms with van der Waals surface area (Å²) in [6, 6.07) is 5.39. The number of amides is 1. The number of likely N-dealkylation sites (tertiary alicyclic amines) is 1. The minimum Gasteiger partial charge on any atom is -0.390 e. The van der Waals surface area contributed by atoms with E-state index in [2.05, 4.69) is 15.2 Å². The second kappa shape index (κ2) is 5.86. The number of carbonyl (C=O) groups is 1. The van der Waals surface area contributed by atoms with Crippen LogP contribution in [-0.2, 0) is 0 Å². The lowest BCUT2D eigenvalue weighted by molar-refractivity contribution is 0.0758. The Labute approximate surface area is 128 Å². The SMILES string of the molecule is CN(C)[C@@H]1CN(C(=O)c2cc(-c3cccnc3)n[nH]2)C[C@H]1O. The molecule has 0 spiro atoms. The van der Waals surface area contributed by atoms with E-state index in [0.717, 1.165) is 5.56 Å². The maximum absolute atomic E-state index is 12.5. The van der Waals surface area contributed by atoms with Crippen molar-refractivity contribution in [3.63, 3.8) is 0 Å². The minimum atomic E-state index is -0.528. The molecule has 0 unspecified atom stereocenters. The van der Waals surface area contributed by atoms with Crippen LogP contribution >= 0.6 is 0 Å². The second-order valence-electron chi connectivity index (χ2n) is 5.72. The molecule has 3 heterocycles. The number of aromatic nitrogens is 3. The zero-order valence-electron chi connectivity index (χ0n) is 12.6. The average Bonchev–Trinajstić information content (AvgIpc) is 3.14. The second-order valence-corrected chi connectivity index (χ2v) is 5.72. The maximum Gasteiger partial charge on any atom is 0.272 e. The van der Waals surface area contributed by atoms with E-state index in [4.69, 9.17) is 0 Å². The molecular weight excluding hydrogens is 282 g/mol. The van der Waals surface area contributed by atoms with Crippen molar-refractivity contribution in [2.75, 3.05) is 27.2 Å². The number of aliphatic hydroxyl groups is 1. The Hall–Kier alpha value is -2.25. The van der Waals surface area contributed by atoms with Crippen molar-refractivity contribution < 1.29 is 9.90 Å². The molecule has 2 atom stereocenters. The van der Waals surface area contributed by atoms with Gasteiger partial charge in [-0.1, -0.05) is 0 Å². The summed E-state index contributed by atoms with van der Waals surface area (Å²) in [5.41, 5.74) is 1.95. The van der Waals surface area contributed by atoms with E-state index in [1.165, 1.54) is 0 Å². The Morgan fingerprint density at radius 1 is 1.45 bits per heavy atom. The summed E-state index contributed by atoms with van der Waals surface area (Å²) in [5.74, 6) is -0.147. The number of aromatic amines is 1. The highest BCUT2D eigenvalue weighted by Crippen LogP contribution is 2.20. The number of aliphatic hydroxyl groups excluding tert-OH is 1. The smallest absolute Gasteiger partial charge is 0.272 e. The van der Waals surface area contributed by atoms with Crippen LogP contribution in [0.2, 0.25) is 0 Å². The van der Waals surface area contributed by atoms with Crippen LogP contribution in [0.3, 0.4) is 0 Å². The van der Waals surface area contributed by atoms with Crippen LogP contribution in [0.5, 0.6) is 0 Å². The molecule has 0 aromatic carbocycles. The van der Waals surface area contributed by atoms with Gasteiger partial charge in [-0.25, -0.2) is 0 Å². The molecule has 2 N–H and O–H groups in total. The molecular formula is C15H19N5O2. The van der Waals surface area contributed by atoms with Crippen LogP contribution in [0.15, 0.2) is 30.6 Å². The van der Waals surface area contributed by atoms with E-state index < -0.39 is 6.10 Å². The molecule has 22 heavy (non-hydrogen) atoms. The van der Waals surface area contributed by atoms with Crippen molar-refractivity contribution in [3.05, 3.63) is 36.3 Å². The number of pyridine rings is 1. The summed E-state index contributed by atoms with van der Waals surface area (Å²) < 4.78 is 0. The first kappa shape index (κ1) is 14.7. The van der Waals surface area contributed by atoms with E-state index in [9.17, 15) is 9.90 Å². The third-order valence-corrected chi connectivity index (χ3v) is 3.98. The Morgan fingerprint density at radius 3 is 2.91 bits per heavy atom. The first-order valence-corrected chi connectivity index (χ1v) is 7.16. The average molecular weight is 301 g/mol. The van der Waals surface area contributed by atoms with Gasteiger partial charge in [0.15, 0.2) is 0 Å². The van der Waals surface area contributed by atoms with Crippen molar-refractivity contribution in [2.24, 2.45) is 0 Å². The predicted molar refractivity (Wildman–Crippen MR) is 81.2 cm³/mol. The van der Waals surface area contributed by atoms with E-state index in [0.29, 0.717) is 24.5 Å². The van der Waals surface area contributed by atoms with Gasteiger partial charge in [-0.15, -0.1) is 0 Å². The van der Waals surface area contributed by atoms with E-state index >= 15 is 0 Å². The first-order valence-electron chi connectivity index (χ1n) is 7.16. The maximum atomic E-state index is 12.5. The highest BCUT2D eigenvalue weighted by Gasteiger charge is 2.36. The lowest BCUT2D eigenvalue weighted by atomic mass is 10.2. The van der Waals surface area contributed by atoms with Gasteiger partial charge in [0.1, 0.15) is 5.69 Å². The first-order chi connectivity index (χ1) is 10.6. The molecule has 7 heteroatoms. The Bertz CT molecular complexity index is 655. The molecule has 7 nitrogen and oxygen atoms in total. The van der Waals surface area contributed by atoms with E-state index in [-0.39, 0.29) is 11.9 Å². The molecule has 1 fully saturated rings. The molecule has 1 saturated heterocycles. The topological polar surface area (TPSA) is 85.4 Å². The van der Waals surface area contributed by atoms with Gasteiger partial charge < -0.3 is 14.9 Å². The molecule has 0 saturated carbocycles. The third-order valence-electron chi connectivity index (χ3n) is 3.98. The fourth-order valence-corrected chi connectivity index (χ4v) is 2.71. The Kier molecular flexibility index (Phi) is 3.91. The fraction of sp³-hybridized carbons (Fsp3) is 0.400. The van der Waals surface area contributed by atoms with Crippen molar-refractivity contribution in [3.8, 4) is 11.3 Å². The normalized spacial score (nSPS) is 21.5. The van der Waals surface area contributed by atoms with Crippen molar-refractivity contribution >= 4 is 5.91 Å². The fourth-order valence-electron chi connectivity index (χ4n) is 2.71. The summed E-state index contributed by atoms with van der Waals surface area (Å²) in [5, 5.41) is 17.0. The van der Waals surface area contributed by atoms with Crippen LogP contribution < -0.4 is 0 Å². The largest absolute Gasteiger partial charge is 0.390 e. The van der Waals surface area contributed by atoms with Crippen molar-refractivity contribution in [2.45, 2.75) is 12.1 Å². The van der Waals surface area contributed by atoms with Gasteiger partial charge >= 0.3 is 0 Å². The molecule has 3 rings (SSSR count). The number of carbonyl (C=O) groups excluding carboxylic acids is 1. The van der Waals surface area contributed by atoms with Crippen LogP contribution in [0.1, 0.15) is 10.5 Å². The zero-order valence-corrected chi connectivity index (χ0v) is 12.6. The van der Waals surface area contributed by atoms with Crippen LogP contribution in [-0.4, -0.2) is 75.3 Å². The number of nitrogens with one attached hydrogen (secondary N) is 1. The third kappa shape index (κ3) is 2.72. The van der Waals surface area contributed by atoms with Crippen LogP contribution in [0.25, 0.3) is 11.3 Å². The molecule has 0 bridgehead atoms. The standard InChI is InChI=1S/C15H19N5O2/c1-19(2)13-8-20(9-14(13)21)15(22)12-6-11(17-18-12)10-4-3-5-16-7-10/h3-7,13-14,21H,8-9H2,1-2H3,(H,17,18)/t13-,14-/m1/s1. The molecule has 2 aromatic heterocycles. The van der Waals surface area contributed by atoms with Gasteiger partial charge in [0.25, 0.3) is 5.91 Å². The van der Waals surface area contributed by atoms with Gasteiger partial charge in [-0.2, -0.15) is 5.10 Å². The number of hydrogen-bond donors (Lipinski definition) is 2. The lowest BCUT2D eigenvalue weighted by Gasteiger charge is -2.21. The molecule has 0 aliphatic carbocycles. The van der Waals surface area contributed by atoms with Crippen molar-refractivity contribution in [1.82, 2.24) is 25.0 Å². The highest BCUT2D eigenvalue weighted by molar-refractivity contribution is 5.93. The summed E-state index contributed by atoms with van der Waals surface area (Å²) >= 11 is 0. The summed E-state index contributed by atoms with van der Waals surface area (Å²) in [6.45, 7) is 0.844. The molecule has 1 aliphatic rings. The molecule has 2 aromatic rings. The quantitative estimate of drug-likeness (QED) is 0.847. The van der Waals surface area contributed by atoms with E-state index in [1.807, 2.05) is 31.1 Å². The summed E-state index contributed by atoms with van der Waals surface area (Å²) in [6.07, 6.45) is 2.86. The number of H-pyrrole nitrogens is 1. The number of β-amino-alcohol motifs (C(OH)–C–C–N with tert-alkyl or cyclic N) is 1. The van der Waals surface area contributed by atoms with Gasteiger partial charge in [0.05, 0.1) is 17.8 Å². The summed E-state index contributed by atoms with van der Waals surface area (Å²) in [4.78, 5) is 20.1. The van der Waals surface area contributed by atoms with Crippen LogP contribution in [0, 0.1) is 0 Å². The van der Waals surface area contributed by atoms with Gasteiger partial charge in [-0.05, 0) is 32.3 Å². The summed E-state index contributed by atoms with van der Waals surface area (Å²) in [7, 11) is 3.80. The molecule has 1 amide bonds. The zero-order chi connectivity index (χ0) is 15.7. The van der Waals surface area contributed by atoms with E-state index in [1.54, 1.807) is 23.4 Å². The van der Waals surface area contributed by atoms with Crippen molar-refractivity contribution in [1.29, 1.82) is 0 Å². The molecule has 0 radical (unpaired) electrons. The number of likely N-dealkylation sites (N-methyl/N-ethyl adjacent to an activating group) is 1. The number of hydrogen-bond acceptors (Lipinski definition) is 5. The number of rotatable bonds is 3. The number of nitrogens with zero attached hydrogens (tertiary/aromatic N) is 4. The van der Waals surface area contributed by atoms with Crippen LogP contribution in [0.4, 0.5) is 0 Å². The Morgan fingerprint density at radius 2 is 2.27 bits per heavy atom. The predicted octanol–water partition coefficient (Wildman–Crippen LogP) is 0.219. The highest BCUT2D eigenvalue weighted by atomic mass is 16.3. The monoisotopic (exact) mass is 301 g/mol. The minimum absolute atomic E-state index is 0.0373. The van der Waals surface area contributed by atoms with Gasteiger partial charge in [-0.3, -0.25) is 14.9 Å². The lowest BCUT2D eigenvalue weighted by Crippen LogP contribution is -2.38. The molecule has 1 aliphatic heterocycles.